The Bertz CT molecular complexity index is 598. The predicted octanol–water partition coefficient (Wildman–Crippen LogP) is 1.77. The lowest BCUT2D eigenvalue weighted by Crippen LogP contribution is -2.04. The zero-order valence-electron chi connectivity index (χ0n) is 10.0. The van der Waals surface area contributed by atoms with Crippen LogP contribution in [0.5, 0.6) is 0 Å². The second-order valence-corrected chi connectivity index (χ2v) is 3.95. The summed E-state index contributed by atoms with van der Waals surface area (Å²) in [5.74, 6) is 0.382. The van der Waals surface area contributed by atoms with Crippen LogP contribution in [0.25, 0.3) is 0 Å². The van der Waals surface area contributed by atoms with Crippen LogP contribution >= 0.6 is 0 Å². The Kier molecular flexibility index (Phi) is 3.46. The molecule has 7 nitrogen and oxygen atoms in total. The highest BCUT2D eigenvalue weighted by Gasteiger charge is 2.12. The number of pyridine rings is 1. The molecule has 1 aromatic carbocycles. The predicted molar refractivity (Wildman–Crippen MR) is 73.5 cm³/mol. The Hall–Kier alpha value is -2.83. The van der Waals surface area contributed by atoms with Gasteiger partial charge in [0.05, 0.1) is 4.92 Å². The van der Waals surface area contributed by atoms with Gasteiger partial charge in [-0.2, -0.15) is 0 Å². The molecule has 7 heteroatoms. The Morgan fingerprint density at radius 2 is 1.84 bits per heavy atom. The first-order valence-electron chi connectivity index (χ1n) is 5.55. The molecule has 0 fully saturated rings. The van der Waals surface area contributed by atoms with Crippen molar-refractivity contribution in [3.8, 4) is 0 Å². The van der Waals surface area contributed by atoms with Gasteiger partial charge in [-0.25, -0.2) is 4.98 Å². The fourth-order valence-corrected chi connectivity index (χ4v) is 1.55. The van der Waals surface area contributed by atoms with E-state index < -0.39 is 4.92 Å². The van der Waals surface area contributed by atoms with Gasteiger partial charge in [-0.1, -0.05) is 12.1 Å². The minimum atomic E-state index is -0.563. The summed E-state index contributed by atoms with van der Waals surface area (Å²) < 4.78 is 0. The Morgan fingerprint density at radius 3 is 2.42 bits per heavy atom. The largest absolute Gasteiger partial charge is 0.399 e. The van der Waals surface area contributed by atoms with Gasteiger partial charge in [0.1, 0.15) is 5.82 Å². The summed E-state index contributed by atoms with van der Waals surface area (Å²) in [5.41, 5.74) is 12.6. The van der Waals surface area contributed by atoms with E-state index in [4.69, 9.17) is 11.5 Å². The smallest absolute Gasteiger partial charge is 0.311 e. The van der Waals surface area contributed by atoms with Crippen molar-refractivity contribution in [2.75, 3.05) is 16.8 Å². The van der Waals surface area contributed by atoms with Crippen molar-refractivity contribution in [2.24, 2.45) is 0 Å². The molecule has 19 heavy (non-hydrogen) atoms. The third kappa shape index (κ3) is 3.09. The third-order valence-electron chi connectivity index (χ3n) is 2.55. The van der Waals surface area contributed by atoms with E-state index in [1.54, 1.807) is 12.1 Å². The van der Waals surface area contributed by atoms with Crippen molar-refractivity contribution in [3.63, 3.8) is 0 Å². The highest BCUT2D eigenvalue weighted by molar-refractivity contribution is 5.57. The molecule has 0 saturated heterocycles. The Labute approximate surface area is 109 Å². The molecule has 0 unspecified atom stereocenters. The maximum Gasteiger partial charge on any atom is 0.311 e. The molecule has 1 heterocycles. The lowest BCUT2D eigenvalue weighted by atomic mass is 10.2. The van der Waals surface area contributed by atoms with Gasteiger partial charge < -0.3 is 16.8 Å². The standard InChI is InChI=1S/C12H13N5O2/c13-9-3-1-8(2-4-9)7-15-11-6-5-10(17(18)19)12(14)16-11/h1-6H,7,13H2,(H3,14,15,16). The zero-order chi connectivity index (χ0) is 13.8. The minimum Gasteiger partial charge on any atom is -0.399 e. The van der Waals surface area contributed by atoms with Crippen LogP contribution in [0.15, 0.2) is 36.4 Å². The molecule has 2 rings (SSSR count). The molecule has 0 atom stereocenters. The van der Waals surface area contributed by atoms with Crippen LogP contribution < -0.4 is 16.8 Å². The van der Waals surface area contributed by atoms with E-state index in [0.717, 1.165) is 5.56 Å². The van der Waals surface area contributed by atoms with E-state index in [9.17, 15) is 10.1 Å². The summed E-state index contributed by atoms with van der Waals surface area (Å²) in [4.78, 5) is 14.0. The fraction of sp³-hybridized carbons (Fsp3) is 0.0833. The molecule has 0 radical (unpaired) electrons. The molecule has 0 bridgehead atoms. The minimum absolute atomic E-state index is 0.104. The summed E-state index contributed by atoms with van der Waals surface area (Å²) in [6.45, 7) is 0.532. The number of nitrogens with zero attached hydrogens (tertiary/aromatic N) is 2. The molecule has 0 aliphatic heterocycles. The topological polar surface area (TPSA) is 120 Å². The van der Waals surface area contributed by atoms with Crippen molar-refractivity contribution in [1.82, 2.24) is 4.98 Å². The summed E-state index contributed by atoms with van der Waals surface area (Å²) in [6.07, 6.45) is 0. The lowest BCUT2D eigenvalue weighted by Gasteiger charge is -2.06. The maximum atomic E-state index is 10.6. The molecule has 5 N–H and O–H groups in total. The molecule has 0 spiro atoms. The Balaban J connectivity index is 2.06. The second-order valence-electron chi connectivity index (χ2n) is 3.95. The molecular weight excluding hydrogens is 246 g/mol. The number of nitrogens with one attached hydrogen (secondary N) is 1. The quantitative estimate of drug-likeness (QED) is 0.437. The van der Waals surface area contributed by atoms with Gasteiger partial charge in [-0.3, -0.25) is 10.1 Å². The SMILES string of the molecule is Nc1ccc(CNc2ccc([N+](=O)[O-])c(N)n2)cc1. The van der Waals surface area contributed by atoms with Crippen LogP contribution in [0.2, 0.25) is 0 Å². The van der Waals surface area contributed by atoms with Crippen LogP contribution in [0.1, 0.15) is 5.56 Å². The van der Waals surface area contributed by atoms with Gasteiger partial charge >= 0.3 is 5.69 Å². The van der Waals surface area contributed by atoms with Crippen LogP contribution in [-0.2, 0) is 6.54 Å². The first-order chi connectivity index (χ1) is 9.06. The van der Waals surface area contributed by atoms with E-state index in [1.165, 1.54) is 12.1 Å². The average molecular weight is 259 g/mol. The van der Waals surface area contributed by atoms with Crippen LogP contribution in [-0.4, -0.2) is 9.91 Å². The number of nitro groups is 1. The zero-order valence-corrected chi connectivity index (χ0v) is 10.0. The van der Waals surface area contributed by atoms with E-state index >= 15 is 0 Å². The van der Waals surface area contributed by atoms with Gasteiger partial charge in [0.15, 0.2) is 0 Å². The molecule has 0 aliphatic rings. The van der Waals surface area contributed by atoms with E-state index in [-0.39, 0.29) is 11.5 Å². The Morgan fingerprint density at radius 1 is 1.16 bits per heavy atom. The van der Waals surface area contributed by atoms with Gasteiger partial charge in [-0.05, 0) is 23.8 Å². The number of rotatable bonds is 4. The van der Waals surface area contributed by atoms with Crippen LogP contribution in [0.4, 0.5) is 23.0 Å². The second kappa shape index (κ2) is 5.21. The van der Waals surface area contributed by atoms with E-state index in [1.807, 2.05) is 12.1 Å². The first-order valence-corrected chi connectivity index (χ1v) is 5.55. The fourth-order valence-electron chi connectivity index (χ4n) is 1.55. The highest BCUT2D eigenvalue weighted by atomic mass is 16.6. The lowest BCUT2D eigenvalue weighted by molar-refractivity contribution is -0.384. The highest BCUT2D eigenvalue weighted by Crippen LogP contribution is 2.21. The third-order valence-corrected chi connectivity index (χ3v) is 2.55. The number of anilines is 3. The number of benzene rings is 1. The molecule has 2 aromatic rings. The van der Waals surface area contributed by atoms with Crippen molar-refractivity contribution < 1.29 is 4.92 Å². The molecule has 0 aliphatic carbocycles. The molecule has 0 amide bonds. The van der Waals surface area contributed by atoms with Crippen molar-refractivity contribution in [1.29, 1.82) is 0 Å². The van der Waals surface area contributed by atoms with E-state index in [2.05, 4.69) is 10.3 Å². The number of nitrogens with two attached hydrogens (primary N) is 2. The molecular formula is C12H13N5O2. The van der Waals surface area contributed by atoms with Gasteiger partial charge in [-0.15, -0.1) is 0 Å². The number of hydrogen-bond acceptors (Lipinski definition) is 6. The van der Waals surface area contributed by atoms with Gasteiger partial charge in [0, 0.05) is 18.3 Å². The summed E-state index contributed by atoms with van der Waals surface area (Å²) in [6, 6.07) is 10.2. The van der Waals surface area contributed by atoms with Crippen molar-refractivity contribution in [3.05, 3.63) is 52.1 Å². The first kappa shape index (κ1) is 12.6. The molecule has 1 aromatic heterocycles. The monoisotopic (exact) mass is 259 g/mol. The molecule has 98 valence electrons. The molecule has 0 saturated carbocycles. The summed E-state index contributed by atoms with van der Waals surface area (Å²) in [7, 11) is 0. The van der Waals surface area contributed by atoms with Crippen LogP contribution in [0, 0.1) is 10.1 Å². The average Bonchev–Trinajstić information content (AvgIpc) is 2.37. The number of nitrogen functional groups attached to an aromatic ring is 2. The summed E-state index contributed by atoms with van der Waals surface area (Å²) >= 11 is 0. The van der Waals surface area contributed by atoms with Gasteiger partial charge in [0.25, 0.3) is 0 Å². The maximum absolute atomic E-state index is 10.6. The normalized spacial score (nSPS) is 10.1. The van der Waals surface area contributed by atoms with Crippen molar-refractivity contribution >= 4 is 23.0 Å². The summed E-state index contributed by atoms with van der Waals surface area (Å²) in [5, 5.41) is 13.6. The van der Waals surface area contributed by atoms with Gasteiger partial charge in [0.2, 0.25) is 5.82 Å². The number of aromatic nitrogens is 1. The van der Waals surface area contributed by atoms with E-state index in [0.29, 0.717) is 18.1 Å². The van der Waals surface area contributed by atoms with Crippen LogP contribution in [0.3, 0.4) is 0 Å². The van der Waals surface area contributed by atoms with Crippen molar-refractivity contribution in [2.45, 2.75) is 6.54 Å². The number of hydrogen-bond donors (Lipinski definition) is 3.